The second-order valence-corrected chi connectivity index (χ2v) is 7.64. The van der Waals surface area contributed by atoms with Gasteiger partial charge in [-0.1, -0.05) is 0 Å². The van der Waals surface area contributed by atoms with Crippen molar-refractivity contribution in [2.45, 2.75) is 38.0 Å². The summed E-state index contributed by atoms with van der Waals surface area (Å²) in [7, 11) is 0. The average Bonchev–Trinajstić information content (AvgIpc) is 3.25. The molecule has 26 heavy (non-hydrogen) atoms. The lowest BCUT2D eigenvalue weighted by molar-refractivity contribution is -0.146. The highest BCUT2D eigenvalue weighted by molar-refractivity contribution is 7.10. The number of piperidine rings is 1. The first-order valence-electron chi connectivity index (χ1n) is 8.39. The number of rotatable bonds is 5. The van der Waals surface area contributed by atoms with Gasteiger partial charge in [0.25, 0.3) is 0 Å². The van der Waals surface area contributed by atoms with Gasteiger partial charge in [0.2, 0.25) is 5.91 Å². The minimum atomic E-state index is -4.44. The highest BCUT2D eigenvalue weighted by atomic mass is 32.1. The van der Waals surface area contributed by atoms with E-state index in [2.05, 4.69) is 15.2 Å². The second-order valence-electron chi connectivity index (χ2n) is 6.64. The van der Waals surface area contributed by atoms with E-state index >= 15 is 0 Å². The third-order valence-electron chi connectivity index (χ3n) is 4.76. The Morgan fingerprint density at radius 2 is 2.27 bits per heavy atom. The summed E-state index contributed by atoms with van der Waals surface area (Å²) >= 11 is 1.65. The molecule has 2 aromatic rings. The van der Waals surface area contributed by atoms with Gasteiger partial charge in [-0.05, 0) is 43.3 Å². The van der Waals surface area contributed by atoms with Crippen LogP contribution in [0.1, 0.15) is 23.3 Å². The molecule has 1 N–H and O–H groups in total. The Bertz CT molecular complexity index is 744. The number of alkyl halides is 3. The maximum Gasteiger partial charge on any atom is 0.405 e. The number of hydrogen-bond acceptors (Lipinski definition) is 4. The lowest BCUT2D eigenvalue weighted by Crippen LogP contribution is -2.58. The Labute approximate surface area is 153 Å². The number of amides is 1. The summed E-state index contributed by atoms with van der Waals surface area (Å²) in [6.07, 6.45) is 1.46. The van der Waals surface area contributed by atoms with Crippen molar-refractivity contribution >= 4 is 17.2 Å². The molecule has 3 rings (SSSR count). The monoisotopic (exact) mass is 386 g/mol. The van der Waals surface area contributed by atoms with E-state index in [4.69, 9.17) is 0 Å². The molecule has 142 valence electrons. The molecule has 0 aliphatic carbocycles. The fraction of sp³-hybridized carbons (Fsp3) is 0.529. The lowest BCUT2D eigenvalue weighted by Gasteiger charge is -2.42. The molecule has 1 fully saturated rings. The molecule has 1 atom stereocenters. The summed E-state index contributed by atoms with van der Waals surface area (Å²) in [4.78, 5) is 20.1. The number of carbonyl (C=O) groups is 1. The van der Waals surface area contributed by atoms with Crippen molar-refractivity contribution in [1.82, 2.24) is 19.8 Å². The molecule has 1 amide bonds. The molecule has 0 radical (unpaired) electrons. The maximum atomic E-state index is 12.8. The minimum Gasteiger partial charge on any atom is -0.345 e. The largest absolute Gasteiger partial charge is 0.405 e. The molecule has 1 saturated heterocycles. The molecule has 1 unspecified atom stereocenters. The van der Waals surface area contributed by atoms with E-state index in [9.17, 15) is 18.0 Å². The Morgan fingerprint density at radius 1 is 1.46 bits per heavy atom. The smallest absolute Gasteiger partial charge is 0.345 e. The Kier molecular flexibility index (Phi) is 5.38. The van der Waals surface area contributed by atoms with E-state index in [1.54, 1.807) is 28.3 Å². The standard InChI is InChI=1S/C17H21F3N4OS/c1-13-3-8-26-14(13)9-23-6-2-4-16(11-23,24-7-5-21-12-24)15(25)22-10-17(18,19)20/h3,5,7-8,12H,2,4,6,9-11H2,1H3,(H,22,25). The van der Waals surface area contributed by atoms with Gasteiger partial charge in [0.15, 0.2) is 0 Å². The Hall–Kier alpha value is -1.87. The minimum absolute atomic E-state index is 0.352. The van der Waals surface area contributed by atoms with Crippen LogP contribution in [0.15, 0.2) is 30.2 Å². The van der Waals surface area contributed by atoms with Crippen molar-refractivity contribution in [1.29, 1.82) is 0 Å². The van der Waals surface area contributed by atoms with Gasteiger partial charge < -0.3 is 9.88 Å². The zero-order chi connectivity index (χ0) is 18.8. The average molecular weight is 386 g/mol. The molecule has 1 aliphatic rings. The lowest BCUT2D eigenvalue weighted by atomic mass is 9.87. The summed E-state index contributed by atoms with van der Waals surface area (Å²) in [5, 5.41) is 4.10. The number of halogens is 3. The van der Waals surface area contributed by atoms with Crippen molar-refractivity contribution in [3.05, 3.63) is 40.6 Å². The van der Waals surface area contributed by atoms with Crippen molar-refractivity contribution < 1.29 is 18.0 Å². The SMILES string of the molecule is Cc1ccsc1CN1CCCC(C(=O)NCC(F)(F)F)(n2ccnc2)C1. The van der Waals surface area contributed by atoms with Crippen LogP contribution in [-0.4, -0.2) is 46.2 Å². The van der Waals surface area contributed by atoms with Gasteiger partial charge in [-0.25, -0.2) is 4.98 Å². The molecule has 3 heterocycles. The fourth-order valence-electron chi connectivity index (χ4n) is 3.40. The van der Waals surface area contributed by atoms with Crippen molar-refractivity contribution in [3.63, 3.8) is 0 Å². The van der Waals surface area contributed by atoms with E-state index in [1.165, 1.54) is 16.8 Å². The quantitative estimate of drug-likeness (QED) is 0.860. The van der Waals surface area contributed by atoms with Gasteiger partial charge in [0, 0.05) is 30.4 Å². The molecular weight excluding hydrogens is 365 g/mol. The zero-order valence-corrected chi connectivity index (χ0v) is 15.2. The number of aromatic nitrogens is 2. The van der Waals surface area contributed by atoms with E-state index in [1.807, 2.05) is 18.4 Å². The van der Waals surface area contributed by atoms with Gasteiger partial charge in [-0.15, -0.1) is 11.3 Å². The van der Waals surface area contributed by atoms with E-state index in [0.29, 0.717) is 19.5 Å². The van der Waals surface area contributed by atoms with Crippen LogP contribution < -0.4 is 5.32 Å². The molecule has 0 saturated carbocycles. The number of likely N-dealkylation sites (tertiary alicyclic amines) is 1. The molecule has 9 heteroatoms. The van der Waals surface area contributed by atoms with Gasteiger partial charge in [0.05, 0.1) is 6.33 Å². The van der Waals surface area contributed by atoms with Crippen molar-refractivity contribution in [3.8, 4) is 0 Å². The summed E-state index contributed by atoms with van der Waals surface area (Å²) in [6, 6.07) is 2.04. The Morgan fingerprint density at radius 3 is 2.88 bits per heavy atom. The molecular formula is C17H21F3N4OS. The van der Waals surface area contributed by atoms with Crippen LogP contribution in [0.4, 0.5) is 13.2 Å². The number of nitrogens with one attached hydrogen (secondary N) is 1. The maximum absolute atomic E-state index is 12.8. The number of imidazole rings is 1. The zero-order valence-electron chi connectivity index (χ0n) is 14.4. The predicted molar refractivity (Wildman–Crippen MR) is 92.8 cm³/mol. The second kappa shape index (κ2) is 7.40. The van der Waals surface area contributed by atoms with Crippen LogP contribution in [0.3, 0.4) is 0 Å². The fourth-order valence-corrected chi connectivity index (χ4v) is 4.35. The summed E-state index contributed by atoms with van der Waals surface area (Å²) < 4.78 is 39.4. The summed E-state index contributed by atoms with van der Waals surface area (Å²) in [5.74, 6) is -0.611. The number of hydrogen-bond donors (Lipinski definition) is 1. The molecule has 0 aromatic carbocycles. The van der Waals surface area contributed by atoms with Crippen LogP contribution in [0, 0.1) is 6.92 Å². The molecule has 2 aromatic heterocycles. The summed E-state index contributed by atoms with van der Waals surface area (Å²) in [5.41, 5.74) is 0.112. The van der Waals surface area contributed by atoms with Crippen LogP contribution in [-0.2, 0) is 16.9 Å². The van der Waals surface area contributed by atoms with Gasteiger partial charge in [-0.3, -0.25) is 9.69 Å². The molecule has 5 nitrogen and oxygen atoms in total. The van der Waals surface area contributed by atoms with E-state index in [0.717, 1.165) is 13.0 Å². The number of carbonyl (C=O) groups excluding carboxylic acids is 1. The molecule has 0 spiro atoms. The van der Waals surface area contributed by atoms with E-state index < -0.39 is 24.2 Å². The third kappa shape index (κ3) is 4.09. The first kappa shape index (κ1) is 18.9. The van der Waals surface area contributed by atoms with Crippen LogP contribution in [0.2, 0.25) is 0 Å². The van der Waals surface area contributed by atoms with E-state index in [-0.39, 0.29) is 0 Å². The predicted octanol–water partition coefficient (Wildman–Crippen LogP) is 2.92. The van der Waals surface area contributed by atoms with Crippen LogP contribution in [0.5, 0.6) is 0 Å². The first-order valence-corrected chi connectivity index (χ1v) is 9.27. The number of aryl methyl sites for hydroxylation is 1. The highest BCUT2D eigenvalue weighted by Gasteiger charge is 2.44. The third-order valence-corrected chi connectivity index (χ3v) is 5.76. The number of thiophene rings is 1. The molecule has 0 bridgehead atoms. The van der Waals surface area contributed by atoms with Crippen LogP contribution in [0.25, 0.3) is 0 Å². The Balaban J connectivity index is 1.81. The van der Waals surface area contributed by atoms with Gasteiger partial charge in [-0.2, -0.15) is 13.2 Å². The molecule has 1 aliphatic heterocycles. The van der Waals surface area contributed by atoms with Gasteiger partial charge in [0.1, 0.15) is 12.1 Å². The van der Waals surface area contributed by atoms with Crippen molar-refractivity contribution in [2.24, 2.45) is 0 Å². The normalized spacial score (nSPS) is 21.7. The summed E-state index contributed by atoms with van der Waals surface area (Å²) in [6.45, 7) is 2.55. The van der Waals surface area contributed by atoms with Crippen molar-refractivity contribution in [2.75, 3.05) is 19.6 Å². The topological polar surface area (TPSA) is 50.2 Å². The highest BCUT2D eigenvalue weighted by Crippen LogP contribution is 2.31. The van der Waals surface area contributed by atoms with Crippen LogP contribution >= 0.6 is 11.3 Å². The van der Waals surface area contributed by atoms with Gasteiger partial charge >= 0.3 is 6.18 Å². The number of nitrogens with zero attached hydrogens (tertiary/aromatic N) is 3. The first-order chi connectivity index (χ1) is 12.3.